The van der Waals surface area contributed by atoms with Gasteiger partial charge in [-0.25, -0.2) is 8.42 Å². The molecule has 0 atom stereocenters. The molecule has 0 spiro atoms. The van der Waals surface area contributed by atoms with Crippen LogP contribution in [0, 0.1) is 5.92 Å². The minimum Gasteiger partial charge on any atom is -0.379 e. The summed E-state index contributed by atoms with van der Waals surface area (Å²) in [6, 6.07) is 2.56. The van der Waals surface area contributed by atoms with Gasteiger partial charge in [-0.05, 0) is 30.9 Å². The summed E-state index contributed by atoms with van der Waals surface area (Å²) in [5.74, 6) is 0.144. The molecule has 1 saturated heterocycles. The molecule has 0 aromatic heterocycles. The SMILES string of the molecule is CC(C)CCCNC(=O)c1cc(S(=O)(=O)N2CCOCC2)c(Cl)cc1Cl. The number of nitrogens with one attached hydrogen (secondary N) is 1. The fourth-order valence-corrected chi connectivity index (χ4v) is 4.88. The molecule has 6 nitrogen and oxygen atoms in total. The van der Waals surface area contributed by atoms with E-state index in [1.54, 1.807) is 0 Å². The molecule has 0 bridgehead atoms. The fraction of sp³-hybridized carbons (Fsp3) is 0.588. The second-order valence-electron chi connectivity index (χ2n) is 6.57. The number of halogens is 2. The van der Waals surface area contributed by atoms with Crippen molar-refractivity contribution in [3.63, 3.8) is 0 Å². The van der Waals surface area contributed by atoms with Crippen LogP contribution in [0.5, 0.6) is 0 Å². The summed E-state index contributed by atoms with van der Waals surface area (Å²) in [4.78, 5) is 12.3. The molecular formula is C17H24Cl2N2O4S. The number of sulfonamides is 1. The van der Waals surface area contributed by atoms with E-state index >= 15 is 0 Å². The molecule has 0 aliphatic carbocycles. The van der Waals surface area contributed by atoms with Gasteiger partial charge >= 0.3 is 0 Å². The van der Waals surface area contributed by atoms with Crippen LogP contribution in [0.4, 0.5) is 0 Å². The quantitative estimate of drug-likeness (QED) is 0.684. The number of benzene rings is 1. The van der Waals surface area contributed by atoms with Crippen molar-refractivity contribution in [2.24, 2.45) is 5.92 Å². The summed E-state index contributed by atoms with van der Waals surface area (Å²) >= 11 is 12.2. The predicted octanol–water partition coefficient (Wildman–Crippen LogP) is 3.18. The lowest BCUT2D eigenvalue weighted by atomic mass is 10.1. The van der Waals surface area contributed by atoms with Crippen molar-refractivity contribution >= 4 is 39.1 Å². The first-order valence-electron chi connectivity index (χ1n) is 8.58. The molecule has 1 aliphatic rings. The van der Waals surface area contributed by atoms with Gasteiger partial charge in [-0.3, -0.25) is 4.79 Å². The minimum atomic E-state index is -3.82. The predicted molar refractivity (Wildman–Crippen MR) is 102 cm³/mol. The summed E-state index contributed by atoms with van der Waals surface area (Å²) in [6.45, 7) is 5.88. The van der Waals surface area contributed by atoms with Gasteiger partial charge in [-0.2, -0.15) is 4.31 Å². The lowest BCUT2D eigenvalue weighted by molar-refractivity contribution is 0.0730. The van der Waals surface area contributed by atoms with Crippen molar-refractivity contribution in [1.82, 2.24) is 9.62 Å². The lowest BCUT2D eigenvalue weighted by Gasteiger charge is -2.26. The summed E-state index contributed by atoms with van der Waals surface area (Å²) in [5.41, 5.74) is 0.104. The van der Waals surface area contributed by atoms with Gasteiger partial charge in [0.1, 0.15) is 4.90 Å². The number of ether oxygens (including phenoxy) is 1. The highest BCUT2D eigenvalue weighted by molar-refractivity contribution is 7.89. The molecule has 1 fully saturated rings. The number of hydrogen-bond donors (Lipinski definition) is 1. The van der Waals surface area contributed by atoms with E-state index in [1.807, 2.05) is 0 Å². The molecule has 1 aromatic rings. The van der Waals surface area contributed by atoms with Crippen molar-refractivity contribution in [2.45, 2.75) is 31.6 Å². The number of carbonyl (C=O) groups excluding carboxylic acids is 1. The van der Waals surface area contributed by atoms with Gasteiger partial charge < -0.3 is 10.1 Å². The Labute approximate surface area is 164 Å². The van der Waals surface area contributed by atoms with E-state index in [0.29, 0.717) is 25.7 Å². The van der Waals surface area contributed by atoms with Crippen molar-refractivity contribution in [3.8, 4) is 0 Å². The largest absolute Gasteiger partial charge is 0.379 e. The molecule has 1 N–H and O–H groups in total. The Bertz CT molecular complexity index is 747. The lowest BCUT2D eigenvalue weighted by Crippen LogP contribution is -2.40. The molecule has 9 heteroatoms. The Kier molecular flexibility index (Phi) is 7.73. The van der Waals surface area contributed by atoms with Crippen LogP contribution in [0.15, 0.2) is 17.0 Å². The number of hydrogen-bond acceptors (Lipinski definition) is 4. The van der Waals surface area contributed by atoms with Crippen molar-refractivity contribution < 1.29 is 17.9 Å². The summed E-state index contributed by atoms with van der Waals surface area (Å²) in [5, 5.41) is 2.90. The maximum Gasteiger partial charge on any atom is 0.252 e. The van der Waals surface area contributed by atoms with Gasteiger partial charge in [0.2, 0.25) is 10.0 Å². The van der Waals surface area contributed by atoms with Crippen LogP contribution in [0.2, 0.25) is 10.0 Å². The molecule has 1 aliphatic heterocycles. The number of rotatable bonds is 7. The number of morpholine rings is 1. The third-order valence-corrected chi connectivity index (χ3v) is 6.77. The summed E-state index contributed by atoms with van der Waals surface area (Å²) in [7, 11) is -3.82. The second-order valence-corrected chi connectivity index (χ2v) is 9.29. The zero-order valence-electron chi connectivity index (χ0n) is 14.9. The van der Waals surface area contributed by atoms with Crippen LogP contribution in [0.25, 0.3) is 0 Å². The van der Waals surface area contributed by atoms with Crippen LogP contribution in [-0.4, -0.2) is 51.5 Å². The number of nitrogens with zero attached hydrogens (tertiary/aromatic N) is 1. The minimum absolute atomic E-state index is 0.00199. The van der Waals surface area contributed by atoms with Gasteiger partial charge in [-0.1, -0.05) is 37.0 Å². The van der Waals surface area contributed by atoms with E-state index in [0.717, 1.165) is 12.8 Å². The molecular weight excluding hydrogens is 399 g/mol. The van der Waals surface area contributed by atoms with E-state index in [2.05, 4.69) is 19.2 Å². The summed E-state index contributed by atoms with van der Waals surface area (Å²) < 4.78 is 32.2. The highest BCUT2D eigenvalue weighted by Crippen LogP contribution is 2.31. The third kappa shape index (κ3) is 5.33. The van der Waals surface area contributed by atoms with Crippen LogP contribution < -0.4 is 5.32 Å². The maximum absolute atomic E-state index is 12.8. The normalized spacial score (nSPS) is 16.0. The van der Waals surface area contributed by atoms with Crippen LogP contribution in [0.1, 0.15) is 37.0 Å². The van der Waals surface area contributed by atoms with Crippen molar-refractivity contribution in [2.75, 3.05) is 32.8 Å². The first-order valence-corrected chi connectivity index (χ1v) is 10.8. The van der Waals surface area contributed by atoms with Gasteiger partial charge in [0.15, 0.2) is 0 Å². The van der Waals surface area contributed by atoms with Crippen molar-refractivity contribution in [1.29, 1.82) is 0 Å². The van der Waals surface area contributed by atoms with E-state index in [4.69, 9.17) is 27.9 Å². The Hall–Kier alpha value is -0.860. The van der Waals surface area contributed by atoms with E-state index < -0.39 is 15.9 Å². The first-order chi connectivity index (χ1) is 12.2. The molecule has 2 rings (SSSR count). The first kappa shape index (κ1) is 21.4. The van der Waals surface area contributed by atoms with Gasteiger partial charge in [0.25, 0.3) is 5.91 Å². The smallest absolute Gasteiger partial charge is 0.252 e. The van der Waals surface area contributed by atoms with Crippen LogP contribution in [0.3, 0.4) is 0 Å². The Morgan fingerprint density at radius 3 is 2.50 bits per heavy atom. The molecule has 0 unspecified atom stereocenters. The zero-order valence-corrected chi connectivity index (χ0v) is 17.3. The Balaban J connectivity index is 2.21. The monoisotopic (exact) mass is 422 g/mol. The molecule has 1 heterocycles. The Morgan fingerprint density at radius 1 is 1.23 bits per heavy atom. The van der Waals surface area contributed by atoms with Crippen LogP contribution in [-0.2, 0) is 14.8 Å². The molecule has 146 valence electrons. The van der Waals surface area contributed by atoms with Gasteiger partial charge in [-0.15, -0.1) is 0 Å². The summed E-state index contributed by atoms with van der Waals surface area (Å²) in [6.07, 6.45) is 1.83. The van der Waals surface area contributed by atoms with E-state index in [-0.39, 0.29) is 33.6 Å². The standard InChI is InChI=1S/C17H24Cl2N2O4S/c1-12(2)4-3-5-20-17(22)13-10-16(15(19)11-14(13)18)26(23,24)21-6-8-25-9-7-21/h10-12H,3-9H2,1-2H3,(H,20,22). The number of carbonyl (C=O) groups is 1. The maximum atomic E-state index is 12.8. The molecule has 0 radical (unpaired) electrons. The average molecular weight is 423 g/mol. The number of amides is 1. The topological polar surface area (TPSA) is 75.7 Å². The Morgan fingerprint density at radius 2 is 1.88 bits per heavy atom. The zero-order chi connectivity index (χ0) is 19.3. The van der Waals surface area contributed by atoms with Crippen molar-refractivity contribution in [3.05, 3.63) is 27.7 Å². The second kappa shape index (κ2) is 9.37. The van der Waals surface area contributed by atoms with E-state index in [9.17, 15) is 13.2 Å². The van der Waals surface area contributed by atoms with Gasteiger partial charge in [0, 0.05) is 19.6 Å². The third-order valence-electron chi connectivity index (χ3n) is 4.10. The highest BCUT2D eigenvalue weighted by Gasteiger charge is 2.30. The molecule has 26 heavy (non-hydrogen) atoms. The molecule has 1 amide bonds. The fourth-order valence-electron chi connectivity index (χ4n) is 2.63. The van der Waals surface area contributed by atoms with Crippen LogP contribution >= 0.6 is 23.2 Å². The molecule has 0 saturated carbocycles. The highest BCUT2D eigenvalue weighted by atomic mass is 35.5. The average Bonchev–Trinajstić information content (AvgIpc) is 2.59. The molecule has 1 aromatic carbocycles. The van der Waals surface area contributed by atoms with Gasteiger partial charge in [0.05, 0.1) is 28.8 Å². The van der Waals surface area contributed by atoms with E-state index in [1.165, 1.54) is 16.4 Å².